The number of fused-ring (bicyclic) bond motifs is 2. The predicted molar refractivity (Wildman–Crippen MR) is 133 cm³/mol. The zero-order chi connectivity index (χ0) is 23.9. The first-order chi connectivity index (χ1) is 16.5. The van der Waals surface area contributed by atoms with Crippen LogP contribution in [0.5, 0.6) is 5.75 Å². The number of amides is 1. The van der Waals surface area contributed by atoms with E-state index in [4.69, 9.17) is 21.1 Å². The molecular formula is C26H29ClN4O3. The van der Waals surface area contributed by atoms with Gasteiger partial charge in [0.05, 0.1) is 29.2 Å². The Morgan fingerprint density at radius 2 is 2.12 bits per heavy atom. The molecule has 3 aromatic rings. The minimum Gasteiger partial charge on any atom is -0.489 e. The number of benzene rings is 1. The standard InChI is InChI=1S/C26H29ClN4O3/c1-4-16-18(27)6-5-7-19(16)30-23-21-24(26(9-10-26)14-29-25(21)32)31-22(23)17-8-11-28-12-20(17)34-13-15(2)33-3/h5-8,11-12,15,30-31H,4,9-10,13-14H2,1-3H3,(H,29,32)/t15-/m0/s1. The van der Waals surface area contributed by atoms with Crippen LogP contribution in [-0.2, 0) is 16.6 Å². The summed E-state index contributed by atoms with van der Waals surface area (Å²) >= 11 is 6.50. The van der Waals surface area contributed by atoms with E-state index in [2.05, 4.69) is 27.5 Å². The molecule has 1 spiro atoms. The molecule has 2 aromatic heterocycles. The molecule has 0 saturated heterocycles. The number of hydrogen-bond acceptors (Lipinski definition) is 5. The summed E-state index contributed by atoms with van der Waals surface area (Å²) in [5.41, 5.74) is 5.87. The molecule has 2 aliphatic rings. The molecule has 1 saturated carbocycles. The largest absolute Gasteiger partial charge is 0.489 e. The molecule has 7 nitrogen and oxygen atoms in total. The van der Waals surface area contributed by atoms with Gasteiger partial charge in [0.2, 0.25) is 0 Å². The fraction of sp³-hybridized carbons (Fsp3) is 0.385. The van der Waals surface area contributed by atoms with Gasteiger partial charge in [-0.05, 0) is 49.9 Å². The molecule has 0 bridgehead atoms. The highest BCUT2D eigenvalue weighted by Crippen LogP contribution is 2.54. The van der Waals surface area contributed by atoms with Gasteiger partial charge < -0.3 is 25.1 Å². The first kappa shape index (κ1) is 22.7. The number of halogens is 1. The highest BCUT2D eigenvalue weighted by atomic mass is 35.5. The number of hydrogen-bond donors (Lipinski definition) is 3. The van der Waals surface area contributed by atoms with Crippen LogP contribution in [0.4, 0.5) is 11.4 Å². The average Bonchev–Trinajstić information content (AvgIpc) is 3.53. The van der Waals surface area contributed by atoms with Gasteiger partial charge in [-0.25, -0.2) is 0 Å². The number of carbonyl (C=O) groups excluding carboxylic acids is 1. The molecule has 8 heteroatoms. The summed E-state index contributed by atoms with van der Waals surface area (Å²) in [6, 6.07) is 7.70. The summed E-state index contributed by atoms with van der Waals surface area (Å²) in [5.74, 6) is 0.544. The van der Waals surface area contributed by atoms with E-state index in [9.17, 15) is 4.79 Å². The third kappa shape index (κ3) is 3.93. The number of pyridine rings is 1. The lowest BCUT2D eigenvalue weighted by Gasteiger charge is -2.23. The highest BCUT2D eigenvalue weighted by molar-refractivity contribution is 6.31. The molecule has 1 aliphatic heterocycles. The topological polar surface area (TPSA) is 88.3 Å². The minimum atomic E-state index is -0.0814. The Bertz CT molecular complexity index is 1230. The van der Waals surface area contributed by atoms with Crippen LogP contribution < -0.4 is 15.4 Å². The molecule has 1 aliphatic carbocycles. The van der Waals surface area contributed by atoms with Gasteiger partial charge in [0.15, 0.2) is 0 Å². The van der Waals surface area contributed by atoms with Crippen molar-refractivity contribution in [2.75, 3.05) is 25.6 Å². The van der Waals surface area contributed by atoms with E-state index in [1.807, 2.05) is 31.2 Å². The summed E-state index contributed by atoms with van der Waals surface area (Å²) < 4.78 is 11.4. The molecule has 1 fully saturated rings. The Hall–Kier alpha value is -3.03. The highest BCUT2D eigenvalue weighted by Gasteiger charge is 2.51. The second-order valence-electron chi connectivity index (χ2n) is 9.06. The number of ether oxygens (including phenoxy) is 2. The van der Waals surface area contributed by atoms with E-state index in [0.29, 0.717) is 29.5 Å². The van der Waals surface area contributed by atoms with Gasteiger partial charge >= 0.3 is 0 Å². The Labute approximate surface area is 204 Å². The Morgan fingerprint density at radius 3 is 2.85 bits per heavy atom. The molecule has 0 unspecified atom stereocenters. The molecule has 178 valence electrons. The lowest BCUT2D eigenvalue weighted by Crippen LogP contribution is -2.39. The van der Waals surface area contributed by atoms with Crippen molar-refractivity contribution in [2.24, 2.45) is 0 Å². The number of nitrogens with zero attached hydrogens (tertiary/aromatic N) is 1. The van der Waals surface area contributed by atoms with E-state index < -0.39 is 0 Å². The fourth-order valence-corrected chi connectivity index (χ4v) is 4.91. The summed E-state index contributed by atoms with van der Waals surface area (Å²) in [7, 11) is 1.66. The Balaban J connectivity index is 1.66. The van der Waals surface area contributed by atoms with Crippen LogP contribution in [0.3, 0.4) is 0 Å². The zero-order valence-electron chi connectivity index (χ0n) is 19.6. The van der Waals surface area contributed by atoms with Crippen molar-refractivity contribution in [2.45, 2.75) is 44.6 Å². The van der Waals surface area contributed by atoms with Crippen molar-refractivity contribution in [1.82, 2.24) is 15.3 Å². The lowest BCUT2D eigenvalue weighted by atomic mass is 9.93. The van der Waals surface area contributed by atoms with Gasteiger partial charge in [0, 0.05) is 47.2 Å². The van der Waals surface area contributed by atoms with E-state index >= 15 is 0 Å². The van der Waals surface area contributed by atoms with Crippen LogP contribution in [0.2, 0.25) is 5.02 Å². The number of rotatable bonds is 8. The van der Waals surface area contributed by atoms with Gasteiger partial charge in [-0.15, -0.1) is 0 Å². The number of nitrogens with one attached hydrogen (secondary N) is 3. The number of anilines is 2. The SMILES string of the molecule is CCc1c(Cl)cccc1Nc1c(-c2ccncc2OC[C@H](C)OC)[nH]c2c1C(=O)NCC21CC1. The molecule has 3 N–H and O–H groups in total. The molecule has 5 rings (SSSR count). The maximum absolute atomic E-state index is 13.2. The van der Waals surface area contributed by atoms with Gasteiger partial charge in [-0.3, -0.25) is 9.78 Å². The van der Waals surface area contributed by atoms with Crippen LogP contribution in [0.1, 0.15) is 48.3 Å². The van der Waals surface area contributed by atoms with Crippen LogP contribution >= 0.6 is 11.6 Å². The normalized spacial score (nSPS) is 16.6. The molecular weight excluding hydrogens is 452 g/mol. The second-order valence-corrected chi connectivity index (χ2v) is 9.47. The molecule has 3 heterocycles. The van der Waals surface area contributed by atoms with Crippen molar-refractivity contribution < 1.29 is 14.3 Å². The summed E-state index contributed by atoms with van der Waals surface area (Å²) in [6.07, 6.45) is 6.21. The van der Waals surface area contributed by atoms with E-state index in [1.165, 1.54) is 0 Å². The van der Waals surface area contributed by atoms with Gasteiger partial charge in [-0.1, -0.05) is 24.6 Å². The quantitative estimate of drug-likeness (QED) is 0.411. The fourth-order valence-electron chi connectivity index (χ4n) is 4.60. The maximum Gasteiger partial charge on any atom is 0.255 e. The van der Waals surface area contributed by atoms with Crippen molar-refractivity contribution >= 4 is 28.9 Å². The number of carbonyl (C=O) groups is 1. The Kier molecular flexibility index (Phi) is 6.00. The molecule has 0 radical (unpaired) electrons. The van der Waals surface area contributed by atoms with E-state index in [-0.39, 0.29) is 17.4 Å². The minimum absolute atomic E-state index is 0.0293. The molecule has 1 atom stereocenters. The smallest absolute Gasteiger partial charge is 0.255 e. The summed E-state index contributed by atoms with van der Waals surface area (Å²) in [5, 5.41) is 7.36. The average molecular weight is 481 g/mol. The molecule has 1 amide bonds. The Morgan fingerprint density at radius 1 is 1.29 bits per heavy atom. The van der Waals surface area contributed by atoms with Crippen LogP contribution in [-0.4, -0.2) is 42.2 Å². The van der Waals surface area contributed by atoms with Crippen LogP contribution in [0.15, 0.2) is 36.7 Å². The summed E-state index contributed by atoms with van der Waals surface area (Å²) in [4.78, 5) is 21.0. The van der Waals surface area contributed by atoms with Crippen LogP contribution in [0, 0.1) is 0 Å². The summed E-state index contributed by atoms with van der Waals surface area (Å²) in [6.45, 7) is 5.05. The number of methoxy groups -OCH3 is 1. The third-order valence-electron chi connectivity index (χ3n) is 6.86. The first-order valence-electron chi connectivity index (χ1n) is 11.7. The lowest BCUT2D eigenvalue weighted by molar-refractivity contribution is 0.0717. The van der Waals surface area contributed by atoms with E-state index in [1.54, 1.807) is 19.5 Å². The monoisotopic (exact) mass is 480 g/mol. The number of H-pyrrole nitrogens is 1. The first-order valence-corrected chi connectivity index (χ1v) is 12.0. The van der Waals surface area contributed by atoms with Gasteiger partial charge in [-0.2, -0.15) is 0 Å². The second kappa shape index (κ2) is 8.96. The third-order valence-corrected chi connectivity index (χ3v) is 7.21. The molecule has 34 heavy (non-hydrogen) atoms. The predicted octanol–water partition coefficient (Wildman–Crippen LogP) is 5.22. The van der Waals surface area contributed by atoms with Gasteiger partial charge in [0.25, 0.3) is 5.91 Å². The van der Waals surface area contributed by atoms with Crippen molar-refractivity contribution in [3.05, 3.63) is 58.5 Å². The van der Waals surface area contributed by atoms with Gasteiger partial charge in [0.1, 0.15) is 12.4 Å². The molecule has 1 aromatic carbocycles. The van der Waals surface area contributed by atoms with Crippen molar-refractivity contribution in [3.8, 4) is 17.0 Å². The number of aromatic amines is 1. The van der Waals surface area contributed by atoms with Crippen molar-refractivity contribution in [1.29, 1.82) is 0 Å². The van der Waals surface area contributed by atoms with Crippen LogP contribution in [0.25, 0.3) is 11.3 Å². The van der Waals surface area contributed by atoms with E-state index in [0.717, 1.165) is 53.2 Å². The zero-order valence-corrected chi connectivity index (χ0v) is 20.4. The van der Waals surface area contributed by atoms with Crippen molar-refractivity contribution in [3.63, 3.8) is 0 Å². The maximum atomic E-state index is 13.2. The number of aromatic nitrogens is 2.